The van der Waals surface area contributed by atoms with Gasteiger partial charge in [0.1, 0.15) is 12.6 Å². The maximum atomic E-state index is 12.1. The third-order valence-electron chi connectivity index (χ3n) is 3.56. The van der Waals surface area contributed by atoms with Gasteiger partial charge in [0.2, 0.25) is 0 Å². The highest BCUT2D eigenvalue weighted by Gasteiger charge is 2.38. The van der Waals surface area contributed by atoms with Crippen LogP contribution in [0, 0.1) is 0 Å². The largest absolute Gasteiger partial charge is 0.490 e. The van der Waals surface area contributed by atoms with E-state index in [4.69, 9.17) is 14.6 Å². The average molecular weight is 367 g/mol. The number of aliphatic carboxylic acids is 1. The maximum absolute atomic E-state index is 12.1. The number of rotatable bonds is 3. The number of alkyl halides is 3. The summed E-state index contributed by atoms with van der Waals surface area (Å²) in [5.74, 6) is -2.97. The molecule has 2 aromatic rings. The molecule has 0 aromatic heterocycles. The zero-order valence-corrected chi connectivity index (χ0v) is 13.5. The molecule has 0 saturated carbocycles. The van der Waals surface area contributed by atoms with Gasteiger partial charge < -0.3 is 9.84 Å². The van der Waals surface area contributed by atoms with Gasteiger partial charge >= 0.3 is 18.1 Å². The molecule has 1 aliphatic rings. The number of ether oxygens (including phenoxy) is 1. The number of carbonyl (C=O) groups is 2. The summed E-state index contributed by atoms with van der Waals surface area (Å²) in [5, 5.41) is 10.3. The highest BCUT2D eigenvalue weighted by Crippen LogP contribution is 2.26. The zero-order chi connectivity index (χ0) is 19.2. The Labute approximate surface area is 147 Å². The van der Waals surface area contributed by atoms with Crippen LogP contribution in [-0.4, -0.2) is 23.2 Å². The molecule has 0 radical (unpaired) electrons. The minimum Gasteiger partial charge on any atom is -0.475 e. The Balaban J connectivity index is 0.000000298. The van der Waals surface area contributed by atoms with Crippen molar-refractivity contribution in [3.8, 4) is 0 Å². The molecule has 0 unspecified atom stereocenters. The van der Waals surface area contributed by atoms with E-state index in [0.717, 1.165) is 17.7 Å². The average Bonchev–Trinajstić information content (AvgIpc) is 3.04. The van der Waals surface area contributed by atoms with Crippen LogP contribution in [0.15, 0.2) is 54.6 Å². The fourth-order valence-electron chi connectivity index (χ4n) is 2.32. The summed E-state index contributed by atoms with van der Waals surface area (Å²) >= 11 is 0. The van der Waals surface area contributed by atoms with Crippen molar-refractivity contribution in [2.75, 3.05) is 0 Å². The van der Waals surface area contributed by atoms with E-state index >= 15 is 0 Å². The van der Waals surface area contributed by atoms with Crippen LogP contribution >= 0.6 is 0 Å². The van der Waals surface area contributed by atoms with Gasteiger partial charge in [-0.05, 0) is 16.7 Å². The van der Waals surface area contributed by atoms with Gasteiger partial charge in [0.05, 0.1) is 0 Å². The van der Waals surface area contributed by atoms with E-state index in [9.17, 15) is 18.0 Å². The van der Waals surface area contributed by atoms with Crippen LogP contribution in [0.25, 0.3) is 0 Å². The second-order valence-electron chi connectivity index (χ2n) is 5.41. The molecule has 5 nitrogen and oxygen atoms in total. The van der Waals surface area contributed by atoms with Crippen LogP contribution in [0.2, 0.25) is 0 Å². The molecule has 2 N–H and O–H groups in total. The molecule has 0 spiro atoms. The predicted octanol–water partition coefficient (Wildman–Crippen LogP) is 3.21. The lowest BCUT2D eigenvalue weighted by Gasteiger charge is -2.11. The van der Waals surface area contributed by atoms with Crippen molar-refractivity contribution in [1.82, 2.24) is 5.32 Å². The van der Waals surface area contributed by atoms with Crippen molar-refractivity contribution < 1.29 is 32.6 Å². The summed E-state index contributed by atoms with van der Waals surface area (Å²) < 4.78 is 37.1. The first-order chi connectivity index (χ1) is 12.3. The number of hydrogen-bond acceptors (Lipinski definition) is 4. The van der Waals surface area contributed by atoms with E-state index in [1.807, 2.05) is 54.6 Å². The van der Waals surface area contributed by atoms with Gasteiger partial charge in [-0.2, -0.15) is 13.2 Å². The standard InChI is InChI=1S/C16H15NO2.C2HF3O2/c18-16(19-11-12-6-2-1-3-7-12)15-14-9-5-4-8-13(14)10-17-15;3-2(4,5)1(6)7/h1-9,15,17H,10-11H2;(H,6,7)/t15-;/m0./s1. The molecule has 26 heavy (non-hydrogen) atoms. The Kier molecular flexibility index (Phi) is 6.35. The van der Waals surface area contributed by atoms with Crippen LogP contribution < -0.4 is 5.32 Å². The molecule has 0 bridgehead atoms. The lowest BCUT2D eigenvalue weighted by Crippen LogP contribution is -2.24. The summed E-state index contributed by atoms with van der Waals surface area (Å²) in [4.78, 5) is 21.0. The summed E-state index contributed by atoms with van der Waals surface area (Å²) in [5.41, 5.74) is 3.20. The zero-order valence-electron chi connectivity index (χ0n) is 13.5. The normalized spacial score (nSPS) is 15.4. The number of hydrogen-bond donors (Lipinski definition) is 2. The maximum Gasteiger partial charge on any atom is 0.490 e. The van der Waals surface area contributed by atoms with Crippen molar-refractivity contribution in [3.05, 3.63) is 71.3 Å². The van der Waals surface area contributed by atoms with Crippen LogP contribution in [0.3, 0.4) is 0 Å². The first kappa shape index (κ1) is 19.5. The second kappa shape index (κ2) is 8.48. The molecule has 0 saturated heterocycles. The Morgan fingerprint density at radius 3 is 2.27 bits per heavy atom. The van der Waals surface area contributed by atoms with E-state index in [2.05, 4.69) is 5.32 Å². The number of carboxylic acids is 1. The molecule has 138 valence electrons. The number of nitrogens with one attached hydrogen (secondary N) is 1. The summed E-state index contributed by atoms with van der Waals surface area (Å²) in [7, 11) is 0. The Hall–Kier alpha value is -2.87. The molecule has 0 amide bonds. The monoisotopic (exact) mass is 367 g/mol. The molecule has 0 aliphatic carbocycles. The smallest absolute Gasteiger partial charge is 0.475 e. The van der Waals surface area contributed by atoms with Gasteiger partial charge in [0.15, 0.2) is 0 Å². The number of halogens is 3. The molecule has 1 aliphatic heterocycles. The number of benzene rings is 2. The molecule has 1 heterocycles. The topological polar surface area (TPSA) is 75.6 Å². The van der Waals surface area contributed by atoms with E-state index in [0.29, 0.717) is 6.61 Å². The van der Waals surface area contributed by atoms with Gasteiger partial charge in [-0.1, -0.05) is 54.6 Å². The lowest BCUT2D eigenvalue weighted by atomic mass is 10.1. The third kappa shape index (κ3) is 5.32. The first-order valence-electron chi connectivity index (χ1n) is 7.61. The van der Waals surface area contributed by atoms with E-state index in [1.165, 1.54) is 5.56 Å². The minimum absolute atomic E-state index is 0.214. The second-order valence-corrected chi connectivity index (χ2v) is 5.41. The summed E-state index contributed by atoms with van der Waals surface area (Å²) in [6.07, 6.45) is -5.08. The van der Waals surface area contributed by atoms with Crippen molar-refractivity contribution in [2.24, 2.45) is 0 Å². The Morgan fingerprint density at radius 2 is 1.65 bits per heavy atom. The third-order valence-corrected chi connectivity index (χ3v) is 3.56. The number of fused-ring (bicyclic) bond motifs is 1. The highest BCUT2D eigenvalue weighted by atomic mass is 19.4. The molecule has 1 atom stereocenters. The van der Waals surface area contributed by atoms with E-state index in [1.54, 1.807) is 0 Å². The molecule has 0 fully saturated rings. The van der Waals surface area contributed by atoms with E-state index in [-0.39, 0.29) is 12.0 Å². The summed E-state index contributed by atoms with van der Waals surface area (Å²) in [6.45, 7) is 1.04. The van der Waals surface area contributed by atoms with Crippen molar-refractivity contribution in [1.29, 1.82) is 0 Å². The fourth-order valence-corrected chi connectivity index (χ4v) is 2.32. The number of carboxylic acid groups (broad SMARTS) is 1. The number of esters is 1. The van der Waals surface area contributed by atoms with Gasteiger partial charge in [-0.3, -0.25) is 5.32 Å². The lowest BCUT2D eigenvalue weighted by molar-refractivity contribution is -0.192. The minimum atomic E-state index is -5.08. The fraction of sp³-hybridized carbons (Fsp3) is 0.222. The molecule has 8 heteroatoms. The van der Waals surface area contributed by atoms with Crippen LogP contribution in [0.4, 0.5) is 13.2 Å². The van der Waals surface area contributed by atoms with E-state index < -0.39 is 12.1 Å². The van der Waals surface area contributed by atoms with Gasteiger partial charge in [-0.15, -0.1) is 0 Å². The van der Waals surface area contributed by atoms with Gasteiger partial charge in [0.25, 0.3) is 0 Å². The van der Waals surface area contributed by atoms with Crippen LogP contribution in [-0.2, 0) is 27.5 Å². The SMILES string of the molecule is O=C(O)C(F)(F)F.O=C(OCc1ccccc1)[C@H]1NCc2ccccc21. The van der Waals surface area contributed by atoms with Crippen LogP contribution in [0.5, 0.6) is 0 Å². The van der Waals surface area contributed by atoms with Gasteiger partial charge in [-0.25, -0.2) is 9.59 Å². The highest BCUT2D eigenvalue weighted by molar-refractivity contribution is 5.79. The predicted molar refractivity (Wildman–Crippen MR) is 86.0 cm³/mol. The van der Waals surface area contributed by atoms with Crippen molar-refractivity contribution >= 4 is 11.9 Å². The Morgan fingerprint density at radius 1 is 1.08 bits per heavy atom. The van der Waals surface area contributed by atoms with Crippen molar-refractivity contribution in [2.45, 2.75) is 25.4 Å². The molecule has 3 rings (SSSR count). The molecular formula is C18H16F3NO4. The first-order valence-corrected chi connectivity index (χ1v) is 7.61. The summed E-state index contributed by atoms with van der Waals surface area (Å²) in [6, 6.07) is 17.3. The van der Waals surface area contributed by atoms with Gasteiger partial charge in [0, 0.05) is 6.54 Å². The number of carbonyl (C=O) groups excluding carboxylic acids is 1. The van der Waals surface area contributed by atoms with Crippen LogP contribution in [0.1, 0.15) is 22.7 Å². The Bertz CT molecular complexity index is 763. The molecular weight excluding hydrogens is 351 g/mol. The molecule has 2 aromatic carbocycles. The van der Waals surface area contributed by atoms with Crippen molar-refractivity contribution in [3.63, 3.8) is 0 Å². The quantitative estimate of drug-likeness (QED) is 0.815.